The number of nitrogens with one attached hydrogen (secondary N) is 3. The Morgan fingerprint density at radius 3 is 2.46 bits per heavy atom. The SMILES string of the molecule is CCNC(=NCC(NC(=O)OC(C)(C)C)c1ccccc1)NCCOC. The van der Waals surface area contributed by atoms with E-state index in [1.807, 2.05) is 58.0 Å². The minimum atomic E-state index is -0.550. The standard InChI is InChI=1S/C19H32N4O3/c1-6-20-17(21-12-13-25-5)22-14-16(15-10-8-7-9-11-15)23-18(24)26-19(2,3)4/h7-11,16H,6,12-14H2,1-5H3,(H,23,24)(H2,20,21,22). The van der Waals surface area contributed by atoms with Crippen LogP contribution in [0.1, 0.15) is 39.3 Å². The van der Waals surface area contributed by atoms with E-state index < -0.39 is 11.7 Å². The molecule has 0 fully saturated rings. The highest BCUT2D eigenvalue weighted by Crippen LogP contribution is 2.15. The molecule has 7 nitrogen and oxygen atoms in total. The van der Waals surface area contributed by atoms with Gasteiger partial charge in [0.2, 0.25) is 0 Å². The minimum absolute atomic E-state index is 0.288. The van der Waals surface area contributed by atoms with Crippen LogP contribution in [-0.4, -0.2) is 51.0 Å². The highest BCUT2D eigenvalue weighted by atomic mass is 16.6. The van der Waals surface area contributed by atoms with E-state index in [9.17, 15) is 4.79 Å². The van der Waals surface area contributed by atoms with E-state index in [4.69, 9.17) is 9.47 Å². The van der Waals surface area contributed by atoms with Crippen molar-refractivity contribution in [3.63, 3.8) is 0 Å². The monoisotopic (exact) mass is 364 g/mol. The van der Waals surface area contributed by atoms with Crippen molar-refractivity contribution in [1.82, 2.24) is 16.0 Å². The van der Waals surface area contributed by atoms with Gasteiger partial charge in [-0.25, -0.2) is 4.79 Å². The third kappa shape index (κ3) is 9.27. The molecule has 7 heteroatoms. The quantitative estimate of drug-likeness (QED) is 0.375. The van der Waals surface area contributed by atoms with Crippen molar-refractivity contribution in [1.29, 1.82) is 0 Å². The third-order valence-corrected chi connectivity index (χ3v) is 3.27. The second kappa shape index (κ2) is 11.4. The molecule has 0 aromatic heterocycles. The fourth-order valence-corrected chi connectivity index (χ4v) is 2.17. The number of methoxy groups -OCH3 is 1. The number of ether oxygens (including phenoxy) is 2. The highest BCUT2D eigenvalue weighted by Gasteiger charge is 2.20. The number of aliphatic imine (C=N–C) groups is 1. The van der Waals surface area contributed by atoms with E-state index >= 15 is 0 Å². The maximum atomic E-state index is 12.2. The molecule has 0 spiro atoms. The second-order valence-electron chi connectivity index (χ2n) is 6.75. The summed E-state index contributed by atoms with van der Waals surface area (Å²) >= 11 is 0. The van der Waals surface area contributed by atoms with Crippen LogP contribution < -0.4 is 16.0 Å². The largest absolute Gasteiger partial charge is 0.444 e. The van der Waals surface area contributed by atoms with Crippen LogP contribution >= 0.6 is 0 Å². The zero-order valence-corrected chi connectivity index (χ0v) is 16.5. The number of guanidine groups is 1. The fraction of sp³-hybridized carbons (Fsp3) is 0.579. The Morgan fingerprint density at radius 2 is 1.88 bits per heavy atom. The lowest BCUT2D eigenvalue weighted by Crippen LogP contribution is -2.40. The number of amides is 1. The van der Waals surface area contributed by atoms with E-state index in [0.717, 1.165) is 12.1 Å². The Morgan fingerprint density at radius 1 is 1.19 bits per heavy atom. The van der Waals surface area contributed by atoms with Gasteiger partial charge in [0, 0.05) is 20.2 Å². The average Bonchev–Trinajstić information content (AvgIpc) is 2.57. The summed E-state index contributed by atoms with van der Waals surface area (Å²) in [5, 5.41) is 9.28. The van der Waals surface area contributed by atoms with Gasteiger partial charge in [-0.05, 0) is 33.3 Å². The number of carbonyl (C=O) groups excluding carboxylic acids is 1. The van der Waals surface area contributed by atoms with Gasteiger partial charge < -0.3 is 25.4 Å². The summed E-state index contributed by atoms with van der Waals surface area (Å²) in [5.74, 6) is 0.677. The van der Waals surface area contributed by atoms with Gasteiger partial charge in [0.05, 0.1) is 19.2 Å². The molecule has 3 N–H and O–H groups in total. The third-order valence-electron chi connectivity index (χ3n) is 3.27. The lowest BCUT2D eigenvalue weighted by atomic mass is 10.1. The van der Waals surface area contributed by atoms with Crippen LogP contribution in [0.15, 0.2) is 35.3 Å². The summed E-state index contributed by atoms with van der Waals surface area (Å²) < 4.78 is 10.4. The lowest BCUT2D eigenvalue weighted by molar-refractivity contribution is 0.0505. The number of carbonyl (C=O) groups is 1. The topological polar surface area (TPSA) is 84.0 Å². The number of nitrogens with zero attached hydrogens (tertiary/aromatic N) is 1. The van der Waals surface area contributed by atoms with E-state index in [1.165, 1.54) is 0 Å². The number of hydrogen-bond donors (Lipinski definition) is 3. The van der Waals surface area contributed by atoms with E-state index in [1.54, 1.807) is 7.11 Å². The Labute approximate surface area is 156 Å². The first-order valence-corrected chi connectivity index (χ1v) is 8.91. The molecule has 1 atom stereocenters. The Hall–Kier alpha value is -2.28. The Balaban J connectivity index is 2.83. The van der Waals surface area contributed by atoms with Crippen molar-refractivity contribution in [2.75, 3.05) is 33.4 Å². The zero-order chi connectivity index (χ0) is 19.4. The summed E-state index contributed by atoms with van der Waals surface area (Å²) in [6, 6.07) is 9.44. The van der Waals surface area contributed by atoms with Crippen LogP contribution in [0.2, 0.25) is 0 Å². The molecule has 0 bridgehead atoms. The molecule has 0 heterocycles. The van der Waals surface area contributed by atoms with Crippen LogP contribution in [-0.2, 0) is 9.47 Å². The van der Waals surface area contributed by atoms with Gasteiger partial charge in [0.1, 0.15) is 5.60 Å². The molecule has 0 aliphatic heterocycles. The molecular formula is C19H32N4O3. The molecule has 1 amide bonds. The van der Waals surface area contributed by atoms with Crippen molar-refractivity contribution in [2.24, 2.45) is 4.99 Å². The van der Waals surface area contributed by atoms with Crippen LogP contribution in [0.25, 0.3) is 0 Å². The van der Waals surface area contributed by atoms with Crippen LogP contribution in [0.3, 0.4) is 0 Å². The molecule has 0 saturated heterocycles. The van der Waals surface area contributed by atoms with Crippen molar-refractivity contribution < 1.29 is 14.3 Å². The maximum Gasteiger partial charge on any atom is 0.408 e. The number of rotatable bonds is 8. The van der Waals surface area contributed by atoms with Crippen molar-refractivity contribution in [2.45, 2.75) is 39.3 Å². The molecule has 0 saturated carbocycles. The zero-order valence-electron chi connectivity index (χ0n) is 16.5. The lowest BCUT2D eigenvalue weighted by Gasteiger charge is -2.23. The second-order valence-corrected chi connectivity index (χ2v) is 6.75. The Kier molecular flexibility index (Phi) is 9.51. The molecule has 0 radical (unpaired) electrons. The van der Waals surface area contributed by atoms with Crippen LogP contribution in [0.5, 0.6) is 0 Å². The summed E-state index contributed by atoms with van der Waals surface area (Å²) in [4.78, 5) is 16.8. The van der Waals surface area contributed by atoms with E-state index in [0.29, 0.717) is 25.7 Å². The van der Waals surface area contributed by atoms with Crippen molar-refractivity contribution in [3.8, 4) is 0 Å². The summed E-state index contributed by atoms with van der Waals surface area (Å²) in [5.41, 5.74) is 0.417. The molecular weight excluding hydrogens is 332 g/mol. The molecule has 1 unspecified atom stereocenters. The molecule has 0 aliphatic rings. The normalized spacial score (nSPS) is 13.0. The Bertz CT molecular complexity index is 556. The van der Waals surface area contributed by atoms with Crippen molar-refractivity contribution >= 4 is 12.1 Å². The molecule has 1 aromatic carbocycles. The predicted octanol–water partition coefficient (Wildman–Crippen LogP) is 2.45. The van der Waals surface area contributed by atoms with Gasteiger partial charge in [0.15, 0.2) is 5.96 Å². The molecule has 26 heavy (non-hydrogen) atoms. The predicted molar refractivity (Wildman–Crippen MR) is 104 cm³/mol. The van der Waals surface area contributed by atoms with Crippen LogP contribution in [0, 0.1) is 0 Å². The first-order chi connectivity index (χ1) is 12.4. The summed E-state index contributed by atoms with van der Waals surface area (Å²) in [6.07, 6.45) is -0.459. The molecule has 1 aromatic rings. The maximum absolute atomic E-state index is 12.2. The van der Waals surface area contributed by atoms with Gasteiger partial charge >= 0.3 is 6.09 Å². The molecule has 1 rings (SSSR count). The number of benzene rings is 1. The first-order valence-electron chi connectivity index (χ1n) is 8.91. The highest BCUT2D eigenvalue weighted by molar-refractivity contribution is 5.79. The minimum Gasteiger partial charge on any atom is -0.444 e. The smallest absolute Gasteiger partial charge is 0.408 e. The van der Waals surface area contributed by atoms with Gasteiger partial charge in [-0.15, -0.1) is 0 Å². The van der Waals surface area contributed by atoms with Gasteiger partial charge in [-0.1, -0.05) is 30.3 Å². The molecule has 0 aliphatic carbocycles. The van der Waals surface area contributed by atoms with Gasteiger partial charge in [-0.3, -0.25) is 4.99 Å². The fourth-order valence-electron chi connectivity index (χ4n) is 2.17. The van der Waals surface area contributed by atoms with Crippen molar-refractivity contribution in [3.05, 3.63) is 35.9 Å². The number of hydrogen-bond acceptors (Lipinski definition) is 4. The summed E-state index contributed by atoms with van der Waals surface area (Å²) in [6.45, 7) is 9.88. The van der Waals surface area contributed by atoms with E-state index in [2.05, 4.69) is 20.9 Å². The van der Waals surface area contributed by atoms with E-state index in [-0.39, 0.29) is 6.04 Å². The molecule has 146 valence electrons. The summed E-state index contributed by atoms with van der Waals surface area (Å²) in [7, 11) is 1.65. The first kappa shape index (κ1) is 21.8. The van der Waals surface area contributed by atoms with Gasteiger partial charge in [0.25, 0.3) is 0 Å². The van der Waals surface area contributed by atoms with Gasteiger partial charge in [-0.2, -0.15) is 0 Å². The van der Waals surface area contributed by atoms with Crippen LogP contribution in [0.4, 0.5) is 4.79 Å². The number of alkyl carbamates (subject to hydrolysis) is 1. The average molecular weight is 364 g/mol.